The molecule has 0 saturated heterocycles. The van der Waals surface area contributed by atoms with E-state index in [9.17, 15) is 0 Å². The van der Waals surface area contributed by atoms with Crippen LogP contribution in [0.25, 0.3) is 22.0 Å². The Labute approximate surface area is 144 Å². The minimum Gasteiger partial charge on any atom is -0.362 e. The fraction of sp³-hybridized carbons (Fsp3) is 0.235. The molecule has 0 atom stereocenters. The van der Waals surface area contributed by atoms with Gasteiger partial charge in [-0.05, 0) is 43.2 Å². The number of aromatic nitrogens is 3. The predicted octanol–water partition coefficient (Wildman–Crippen LogP) is 5.05. The molecule has 1 aromatic carbocycles. The molecule has 1 N–H and O–H groups in total. The maximum Gasteiger partial charge on any atom is 0.183 e. The normalized spacial score (nSPS) is 10.7. The van der Waals surface area contributed by atoms with E-state index in [1.165, 1.54) is 0 Å². The lowest BCUT2D eigenvalue weighted by Gasteiger charge is -2.06. The van der Waals surface area contributed by atoms with Gasteiger partial charge in [0.25, 0.3) is 0 Å². The average molecular weight is 345 g/mol. The third-order valence-corrected chi connectivity index (χ3v) is 4.58. The number of hydrogen-bond acceptors (Lipinski definition) is 5. The summed E-state index contributed by atoms with van der Waals surface area (Å²) in [6, 6.07) is 7.65. The Bertz CT molecular complexity index is 816. The molecule has 3 aromatic rings. The predicted molar refractivity (Wildman–Crippen MR) is 97.1 cm³/mol. The zero-order valence-corrected chi connectivity index (χ0v) is 14.6. The molecule has 0 saturated carbocycles. The first kappa shape index (κ1) is 15.9. The van der Waals surface area contributed by atoms with E-state index in [0.29, 0.717) is 5.82 Å². The number of anilines is 1. The molecular formula is C17H17ClN4S. The highest BCUT2D eigenvalue weighted by Gasteiger charge is 2.10. The van der Waals surface area contributed by atoms with Crippen LogP contribution in [0.4, 0.5) is 5.13 Å². The number of rotatable bonds is 5. The van der Waals surface area contributed by atoms with Crippen LogP contribution in [0.15, 0.2) is 36.7 Å². The van der Waals surface area contributed by atoms with Gasteiger partial charge in [0.15, 0.2) is 11.0 Å². The molecule has 23 heavy (non-hydrogen) atoms. The van der Waals surface area contributed by atoms with Gasteiger partial charge in [0.2, 0.25) is 0 Å². The summed E-state index contributed by atoms with van der Waals surface area (Å²) in [5, 5.41) is 4.94. The van der Waals surface area contributed by atoms with E-state index in [1.54, 1.807) is 17.5 Å². The van der Waals surface area contributed by atoms with Gasteiger partial charge >= 0.3 is 0 Å². The average Bonchev–Trinajstić information content (AvgIpc) is 3.02. The fourth-order valence-electron chi connectivity index (χ4n) is 2.21. The maximum atomic E-state index is 6.02. The van der Waals surface area contributed by atoms with Crippen LogP contribution in [-0.2, 0) is 0 Å². The summed E-state index contributed by atoms with van der Waals surface area (Å²) < 4.78 is 0. The lowest BCUT2D eigenvalue weighted by Crippen LogP contribution is -1.97. The summed E-state index contributed by atoms with van der Waals surface area (Å²) in [7, 11) is 0. The molecule has 0 aliphatic rings. The molecule has 4 nitrogen and oxygen atoms in total. The lowest BCUT2D eigenvalue weighted by atomic mass is 10.1. The largest absolute Gasteiger partial charge is 0.362 e. The van der Waals surface area contributed by atoms with Gasteiger partial charge in [-0.25, -0.2) is 15.0 Å². The highest BCUT2D eigenvalue weighted by atomic mass is 35.5. The monoisotopic (exact) mass is 344 g/mol. The van der Waals surface area contributed by atoms with Crippen LogP contribution in [0.3, 0.4) is 0 Å². The molecular weight excluding hydrogens is 328 g/mol. The second kappa shape index (κ2) is 7.06. The first-order valence-corrected chi connectivity index (χ1v) is 8.66. The van der Waals surface area contributed by atoms with Crippen LogP contribution in [0.1, 0.15) is 18.9 Å². The van der Waals surface area contributed by atoms with Gasteiger partial charge in [0.1, 0.15) is 0 Å². The minimum atomic E-state index is 0.702. The number of nitrogens with zero attached hydrogens (tertiary/aromatic N) is 3. The van der Waals surface area contributed by atoms with Crippen molar-refractivity contribution in [3.8, 4) is 22.0 Å². The van der Waals surface area contributed by atoms with Gasteiger partial charge in [-0.1, -0.05) is 29.9 Å². The molecule has 2 heterocycles. The van der Waals surface area contributed by atoms with Gasteiger partial charge in [-0.3, -0.25) is 0 Å². The van der Waals surface area contributed by atoms with Crippen molar-refractivity contribution >= 4 is 28.1 Å². The van der Waals surface area contributed by atoms with Gasteiger partial charge in [0, 0.05) is 29.5 Å². The molecule has 3 rings (SSSR count). The highest BCUT2D eigenvalue weighted by molar-refractivity contribution is 7.18. The van der Waals surface area contributed by atoms with Gasteiger partial charge in [0.05, 0.1) is 10.6 Å². The molecule has 0 radical (unpaired) electrons. The number of halogens is 1. The topological polar surface area (TPSA) is 50.7 Å². The number of nitrogens with one attached hydrogen (secondary N) is 1. The Morgan fingerprint density at radius 1 is 1.22 bits per heavy atom. The Morgan fingerprint density at radius 2 is 2.09 bits per heavy atom. The third kappa shape index (κ3) is 3.68. The zero-order chi connectivity index (χ0) is 16.2. The van der Waals surface area contributed by atoms with E-state index in [2.05, 4.69) is 27.2 Å². The van der Waals surface area contributed by atoms with Crippen LogP contribution in [-0.4, -0.2) is 21.5 Å². The first-order valence-electron chi connectivity index (χ1n) is 7.47. The quantitative estimate of drug-likeness (QED) is 0.703. The summed E-state index contributed by atoms with van der Waals surface area (Å²) in [5.41, 5.74) is 2.93. The summed E-state index contributed by atoms with van der Waals surface area (Å²) in [6.07, 6.45) is 4.70. The van der Waals surface area contributed by atoms with Crippen LogP contribution < -0.4 is 5.32 Å². The van der Waals surface area contributed by atoms with Gasteiger partial charge in [-0.15, -0.1) is 0 Å². The van der Waals surface area contributed by atoms with E-state index in [1.807, 2.05) is 37.4 Å². The molecule has 0 spiro atoms. The molecule has 0 unspecified atom stereocenters. The third-order valence-electron chi connectivity index (χ3n) is 3.37. The van der Waals surface area contributed by atoms with E-state index in [4.69, 9.17) is 11.6 Å². The van der Waals surface area contributed by atoms with E-state index < -0.39 is 0 Å². The molecule has 6 heteroatoms. The molecule has 2 aromatic heterocycles. The van der Waals surface area contributed by atoms with Crippen molar-refractivity contribution in [2.24, 2.45) is 0 Å². The van der Waals surface area contributed by atoms with Crippen molar-refractivity contribution in [1.82, 2.24) is 15.0 Å². The van der Waals surface area contributed by atoms with Crippen molar-refractivity contribution < 1.29 is 0 Å². The Balaban J connectivity index is 1.92. The summed E-state index contributed by atoms with van der Waals surface area (Å²) >= 11 is 7.62. The van der Waals surface area contributed by atoms with Crippen LogP contribution in [0, 0.1) is 6.92 Å². The smallest absolute Gasteiger partial charge is 0.183 e. The molecule has 118 valence electrons. The molecule has 0 aliphatic carbocycles. The zero-order valence-electron chi connectivity index (χ0n) is 13.0. The number of hydrogen-bond donors (Lipinski definition) is 1. The summed E-state index contributed by atoms with van der Waals surface area (Å²) in [5.74, 6) is 0.702. The van der Waals surface area contributed by atoms with Crippen molar-refractivity contribution in [2.75, 3.05) is 11.9 Å². The molecule has 0 aliphatic heterocycles. The van der Waals surface area contributed by atoms with Crippen molar-refractivity contribution in [1.29, 1.82) is 0 Å². The fourth-order valence-corrected chi connectivity index (χ4v) is 3.25. The van der Waals surface area contributed by atoms with E-state index >= 15 is 0 Å². The minimum absolute atomic E-state index is 0.702. The maximum absolute atomic E-state index is 6.02. The van der Waals surface area contributed by atoms with Crippen LogP contribution in [0.5, 0.6) is 0 Å². The summed E-state index contributed by atoms with van der Waals surface area (Å²) in [6.45, 7) is 5.06. The van der Waals surface area contributed by atoms with Crippen molar-refractivity contribution in [3.05, 3.63) is 47.2 Å². The molecule has 0 amide bonds. The van der Waals surface area contributed by atoms with Gasteiger partial charge in [-0.2, -0.15) is 0 Å². The number of benzene rings is 1. The second-order valence-electron chi connectivity index (χ2n) is 5.18. The van der Waals surface area contributed by atoms with Crippen molar-refractivity contribution in [2.45, 2.75) is 20.3 Å². The van der Waals surface area contributed by atoms with Crippen LogP contribution >= 0.6 is 22.9 Å². The molecule has 0 bridgehead atoms. The standard InChI is InChI=1S/C17H17ClN4S/c1-3-7-20-17-21-10-15(23-17)14-6-8-19-16(22-14)13-5-4-12(18)9-11(13)2/h4-6,8-10H,3,7H2,1-2H3,(H,20,21). The SMILES string of the molecule is CCCNc1ncc(-c2ccnc(-c3ccc(Cl)cc3C)n2)s1. The second-order valence-corrected chi connectivity index (χ2v) is 6.65. The highest BCUT2D eigenvalue weighted by Crippen LogP contribution is 2.29. The molecule has 0 fully saturated rings. The van der Waals surface area contributed by atoms with E-state index in [-0.39, 0.29) is 0 Å². The lowest BCUT2D eigenvalue weighted by molar-refractivity contribution is 0.976. The Morgan fingerprint density at radius 3 is 2.87 bits per heavy atom. The Hall–Kier alpha value is -1.98. The van der Waals surface area contributed by atoms with E-state index in [0.717, 1.165) is 44.8 Å². The number of thiazole rings is 1. The summed E-state index contributed by atoms with van der Waals surface area (Å²) in [4.78, 5) is 14.5. The van der Waals surface area contributed by atoms with Crippen molar-refractivity contribution in [3.63, 3.8) is 0 Å². The number of aryl methyl sites for hydroxylation is 1. The first-order chi connectivity index (χ1) is 11.2. The van der Waals surface area contributed by atoms with Gasteiger partial charge < -0.3 is 5.32 Å². The van der Waals surface area contributed by atoms with Crippen LogP contribution in [0.2, 0.25) is 5.02 Å². The Kier molecular flexibility index (Phi) is 4.88.